The first-order valence-corrected chi connectivity index (χ1v) is 14.9. The molecule has 1 aliphatic heterocycles. The Morgan fingerprint density at radius 2 is 1.76 bits per heavy atom. The van der Waals surface area contributed by atoms with E-state index in [4.69, 9.17) is 4.84 Å². The molecule has 0 aliphatic carbocycles. The van der Waals surface area contributed by atoms with Crippen molar-refractivity contribution in [3.8, 4) is 0 Å². The van der Waals surface area contributed by atoms with Crippen LogP contribution in [0.4, 0.5) is 5.69 Å². The van der Waals surface area contributed by atoms with Gasteiger partial charge in [0.15, 0.2) is 5.78 Å². The van der Waals surface area contributed by atoms with Gasteiger partial charge in [0.2, 0.25) is 11.5 Å². The molecule has 42 heavy (non-hydrogen) atoms. The normalized spacial score (nSPS) is 17.8. The van der Waals surface area contributed by atoms with Crippen molar-refractivity contribution in [2.24, 2.45) is 11.1 Å². The number of nitrogens with zero attached hydrogens (tertiary/aromatic N) is 3. The third-order valence-corrected chi connectivity index (χ3v) is 8.20. The van der Waals surface area contributed by atoms with Crippen LogP contribution in [-0.2, 0) is 29.6 Å². The number of rotatable bonds is 12. The third kappa shape index (κ3) is 5.83. The molecule has 1 unspecified atom stereocenters. The molecule has 222 valence electrons. The van der Waals surface area contributed by atoms with Gasteiger partial charge < -0.3 is 24.7 Å². The number of alkyl halides is 1. The number of hydrogen-bond donors (Lipinski definition) is 2. The molecule has 2 aromatic carbocycles. The summed E-state index contributed by atoms with van der Waals surface area (Å²) in [4.78, 5) is 64.4. The number of carboxylic acids is 1. The van der Waals surface area contributed by atoms with E-state index in [1.165, 1.54) is 7.05 Å². The molecule has 0 radical (unpaired) electrons. The zero-order valence-electron chi connectivity index (χ0n) is 24.0. The van der Waals surface area contributed by atoms with Gasteiger partial charge in [-0.05, 0) is 12.0 Å². The number of carbonyl (C=O) groups is 4. The maximum Gasteiger partial charge on any atom is 0.305 e. The van der Waals surface area contributed by atoms with Gasteiger partial charge in [0.05, 0.1) is 29.2 Å². The number of aliphatic carboxylic acids is 1. The van der Waals surface area contributed by atoms with Crippen molar-refractivity contribution in [3.05, 3.63) is 66.4 Å². The van der Waals surface area contributed by atoms with Crippen LogP contribution in [0.25, 0.3) is 10.9 Å². The minimum Gasteiger partial charge on any atom is -0.481 e. The van der Waals surface area contributed by atoms with Gasteiger partial charge in [-0.2, -0.15) is 0 Å². The first-order chi connectivity index (χ1) is 20.0. The molecule has 0 spiro atoms. The Morgan fingerprint density at radius 3 is 2.38 bits per heavy atom. The minimum absolute atomic E-state index is 0.00117. The maximum atomic E-state index is 14.3. The highest BCUT2D eigenvalue weighted by atomic mass is 79.9. The molecule has 11 heteroatoms. The lowest BCUT2D eigenvalue weighted by Gasteiger charge is -2.36. The number of carboxylic acid groups (broad SMARTS) is 1. The number of carbonyl (C=O) groups excluding carboxylic acids is 3. The second-order valence-electron chi connectivity index (χ2n) is 10.7. The molecule has 4 rings (SSSR count). The number of benzene rings is 2. The Bertz CT molecular complexity index is 1500. The summed E-state index contributed by atoms with van der Waals surface area (Å²) in [5.41, 5.74) is 0.908. The van der Waals surface area contributed by atoms with Crippen LogP contribution in [0.5, 0.6) is 0 Å². The number of para-hydroxylation sites is 1. The maximum absolute atomic E-state index is 14.3. The van der Waals surface area contributed by atoms with Gasteiger partial charge in [-0.25, -0.2) is 0 Å². The van der Waals surface area contributed by atoms with E-state index in [2.05, 4.69) is 26.1 Å². The molecule has 0 fully saturated rings. The first-order valence-electron chi connectivity index (χ1n) is 13.8. The number of fused-ring (bicyclic) bond motifs is 1. The minimum atomic E-state index is -1.66. The first kappa shape index (κ1) is 31.0. The second-order valence-corrected chi connectivity index (χ2v) is 11.3. The van der Waals surface area contributed by atoms with Gasteiger partial charge >= 0.3 is 5.97 Å². The van der Waals surface area contributed by atoms with Crippen LogP contribution in [0, 0.1) is 5.92 Å². The molecule has 3 aromatic rings. The van der Waals surface area contributed by atoms with Crippen LogP contribution >= 0.6 is 15.9 Å². The fourth-order valence-corrected chi connectivity index (χ4v) is 5.93. The number of Topliss-reactive ketones (excluding diaryl/α,β-unsaturated/α-hetero) is 1. The summed E-state index contributed by atoms with van der Waals surface area (Å²) < 4.78 is 0. The van der Waals surface area contributed by atoms with Crippen LogP contribution in [0.15, 0.2) is 65.9 Å². The van der Waals surface area contributed by atoms with Crippen LogP contribution in [-0.4, -0.2) is 68.7 Å². The molecule has 0 saturated carbocycles. The molecule has 2 amide bonds. The number of aromatic nitrogens is 1. The average Bonchev–Trinajstić information content (AvgIpc) is 3.63. The van der Waals surface area contributed by atoms with Gasteiger partial charge in [0.25, 0.3) is 5.91 Å². The van der Waals surface area contributed by atoms with Crippen molar-refractivity contribution in [3.63, 3.8) is 0 Å². The Balaban J connectivity index is 1.79. The van der Waals surface area contributed by atoms with Crippen molar-refractivity contribution >= 4 is 61.8 Å². The summed E-state index contributed by atoms with van der Waals surface area (Å²) in [6, 6.07) is 14.7. The lowest BCUT2D eigenvalue weighted by Crippen LogP contribution is -2.54. The monoisotopic (exact) mass is 638 g/mol. The smallest absolute Gasteiger partial charge is 0.305 e. The van der Waals surface area contributed by atoms with Gasteiger partial charge in [-0.3, -0.25) is 19.2 Å². The molecule has 2 heterocycles. The van der Waals surface area contributed by atoms with Crippen LogP contribution in [0.2, 0.25) is 0 Å². The zero-order valence-corrected chi connectivity index (χ0v) is 25.6. The standard InChI is InChI=1S/C31H35BrN4O6/c1-5-27(38)36(25-18-33-22-14-10-9-13-21(22)25)29(19(2)3)23-16-31(42-34-23,20-11-7-6-8-12-20)30(41)35(4)24(15-28(39)40)26(37)17-32/h6-14,18-19,24,29,33H,5,15-17H2,1-4H3,(H,39,40)/t24-,29-,31?/m0/s1. The number of oxime groups is 1. The van der Waals surface area contributed by atoms with E-state index >= 15 is 0 Å². The molecule has 1 aromatic heterocycles. The molecule has 0 saturated heterocycles. The van der Waals surface area contributed by atoms with Gasteiger partial charge in [-0.15, -0.1) is 0 Å². The highest BCUT2D eigenvalue weighted by molar-refractivity contribution is 9.09. The molecule has 3 atom stereocenters. The summed E-state index contributed by atoms with van der Waals surface area (Å²) in [6.45, 7) is 5.75. The lowest BCUT2D eigenvalue weighted by molar-refractivity contribution is -0.160. The average molecular weight is 640 g/mol. The zero-order chi connectivity index (χ0) is 30.6. The van der Waals surface area contributed by atoms with Crippen molar-refractivity contribution in [1.29, 1.82) is 0 Å². The van der Waals surface area contributed by atoms with Crippen molar-refractivity contribution in [2.45, 2.75) is 57.7 Å². The summed E-state index contributed by atoms with van der Waals surface area (Å²) in [5, 5.41) is 14.7. The number of amides is 2. The molecular weight excluding hydrogens is 604 g/mol. The fraction of sp³-hybridized carbons (Fsp3) is 0.387. The number of halogens is 1. The van der Waals surface area contributed by atoms with Crippen molar-refractivity contribution < 1.29 is 29.1 Å². The predicted molar refractivity (Wildman–Crippen MR) is 164 cm³/mol. The van der Waals surface area contributed by atoms with E-state index in [-0.39, 0.29) is 30.0 Å². The SMILES string of the molecule is CCC(=O)N(c1c[nH]c2ccccc12)[C@H](C1=NOC(C(=O)N(C)[C@@H](CC(=O)O)C(=O)CBr)(c2ccccc2)C1)C(C)C. The van der Waals surface area contributed by atoms with Crippen molar-refractivity contribution in [2.75, 3.05) is 17.3 Å². The topological polar surface area (TPSA) is 132 Å². The molecule has 2 N–H and O–H groups in total. The summed E-state index contributed by atoms with van der Waals surface area (Å²) in [7, 11) is 1.40. The van der Waals surface area contributed by atoms with E-state index in [1.54, 1.807) is 48.4 Å². The van der Waals surface area contributed by atoms with Gasteiger partial charge in [0, 0.05) is 42.6 Å². The number of likely N-dealkylation sites (N-methyl/N-ethyl adjacent to an activating group) is 1. The molecule has 10 nitrogen and oxygen atoms in total. The van der Waals surface area contributed by atoms with E-state index in [9.17, 15) is 24.3 Å². The fourth-order valence-electron chi connectivity index (χ4n) is 5.56. The number of nitrogens with one attached hydrogen (secondary N) is 1. The van der Waals surface area contributed by atoms with Gasteiger partial charge in [0.1, 0.15) is 6.04 Å². The molecule has 1 aliphatic rings. The van der Waals surface area contributed by atoms with E-state index in [0.717, 1.165) is 15.8 Å². The number of H-pyrrole nitrogens is 1. The summed E-state index contributed by atoms with van der Waals surface area (Å²) in [6.07, 6.45) is 1.49. The Kier molecular flexibility index (Phi) is 9.50. The summed E-state index contributed by atoms with van der Waals surface area (Å²) in [5.74, 6) is -2.50. The predicted octanol–water partition coefficient (Wildman–Crippen LogP) is 4.87. The van der Waals surface area contributed by atoms with Crippen LogP contribution in [0.3, 0.4) is 0 Å². The third-order valence-electron chi connectivity index (χ3n) is 7.64. The Labute approximate surface area is 252 Å². The molecule has 0 bridgehead atoms. The highest BCUT2D eigenvalue weighted by Crippen LogP contribution is 2.41. The second kappa shape index (κ2) is 12.9. The largest absolute Gasteiger partial charge is 0.481 e. The van der Waals surface area contributed by atoms with Gasteiger partial charge in [-0.1, -0.05) is 90.4 Å². The van der Waals surface area contributed by atoms with Crippen LogP contribution in [0.1, 0.15) is 45.6 Å². The number of anilines is 1. The van der Waals surface area contributed by atoms with Crippen LogP contribution < -0.4 is 4.90 Å². The van der Waals surface area contributed by atoms with E-state index in [0.29, 0.717) is 17.0 Å². The Hall–Kier alpha value is -3.99. The quantitative estimate of drug-likeness (QED) is 0.272. The lowest BCUT2D eigenvalue weighted by atomic mass is 9.83. The Morgan fingerprint density at radius 1 is 1.10 bits per heavy atom. The molecular formula is C31H35BrN4O6. The van der Waals surface area contributed by atoms with E-state index in [1.807, 2.05) is 38.1 Å². The van der Waals surface area contributed by atoms with E-state index < -0.39 is 41.8 Å². The van der Waals surface area contributed by atoms with Crippen molar-refractivity contribution in [1.82, 2.24) is 9.88 Å². The number of hydrogen-bond acceptors (Lipinski definition) is 6. The summed E-state index contributed by atoms with van der Waals surface area (Å²) >= 11 is 3.11. The highest BCUT2D eigenvalue weighted by Gasteiger charge is 2.53. The number of ketones is 1. The number of aromatic amines is 1.